The van der Waals surface area contributed by atoms with Crippen LogP contribution in [0.1, 0.15) is 29.6 Å². The van der Waals surface area contributed by atoms with Gasteiger partial charge in [-0.1, -0.05) is 0 Å². The molecule has 1 aromatic heterocycles. The van der Waals surface area contributed by atoms with Gasteiger partial charge in [-0.3, -0.25) is 4.98 Å². The molecule has 0 atom stereocenters. The topological polar surface area (TPSA) is 65.5 Å². The number of carbonyl (C=O) groups is 1. The van der Waals surface area contributed by atoms with Gasteiger partial charge in [-0.25, -0.2) is 4.79 Å². The van der Waals surface area contributed by atoms with E-state index in [4.69, 9.17) is 5.11 Å². The number of hydrogen-bond donors (Lipinski definition) is 2. The van der Waals surface area contributed by atoms with E-state index in [1.54, 1.807) is 6.20 Å². The van der Waals surface area contributed by atoms with E-state index in [1.165, 1.54) is 25.1 Å². The van der Waals surface area contributed by atoms with Crippen LogP contribution in [0.2, 0.25) is 0 Å². The van der Waals surface area contributed by atoms with Gasteiger partial charge >= 0.3 is 5.97 Å². The minimum absolute atomic E-state index is 0.290. The molecule has 1 aliphatic rings. The minimum Gasteiger partial charge on any atom is -0.478 e. The molecule has 0 aliphatic carbocycles. The first-order valence-corrected chi connectivity index (χ1v) is 6.76. The van der Waals surface area contributed by atoms with Crippen LogP contribution in [0.5, 0.6) is 0 Å². The summed E-state index contributed by atoms with van der Waals surface area (Å²) in [5.74, 6) is -0.169. The number of nitrogens with zero attached hydrogens (tertiary/aromatic N) is 2. The Hall–Kier alpha value is -1.62. The Morgan fingerprint density at radius 3 is 2.95 bits per heavy atom. The molecular weight excluding hydrogens is 242 g/mol. The summed E-state index contributed by atoms with van der Waals surface area (Å²) in [6.45, 7) is 3.14. The van der Waals surface area contributed by atoms with Crippen molar-refractivity contribution in [1.29, 1.82) is 0 Å². The van der Waals surface area contributed by atoms with Crippen LogP contribution >= 0.6 is 0 Å². The Labute approximate surface area is 113 Å². The monoisotopic (exact) mass is 263 g/mol. The molecule has 1 saturated heterocycles. The molecular formula is C14H21N3O2. The predicted octanol–water partition coefficient (Wildman–Crippen LogP) is 1.92. The quantitative estimate of drug-likeness (QED) is 0.849. The van der Waals surface area contributed by atoms with Crippen LogP contribution in [-0.4, -0.2) is 47.6 Å². The fourth-order valence-corrected chi connectivity index (χ4v) is 2.48. The first-order valence-electron chi connectivity index (χ1n) is 6.76. The molecule has 19 heavy (non-hydrogen) atoms. The van der Waals surface area contributed by atoms with Crippen LogP contribution < -0.4 is 5.32 Å². The lowest BCUT2D eigenvalue weighted by Crippen LogP contribution is -2.30. The lowest BCUT2D eigenvalue weighted by atomic mass is 9.94. The molecule has 5 nitrogen and oxygen atoms in total. The lowest BCUT2D eigenvalue weighted by molar-refractivity contribution is 0.0698. The summed E-state index contributed by atoms with van der Waals surface area (Å²) in [5, 5.41) is 12.3. The molecule has 2 heterocycles. The number of pyridine rings is 1. The summed E-state index contributed by atoms with van der Waals surface area (Å²) < 4.78 is 0. The van der Waals surface area contributed by atoms with Crippen molar-refractivity contribution in [3.63, 3.8) is 0 Å². The number of nitrogens with one attached hydrogen (secondary N) is 1. The Bertz CT molecular complexity index is 428. The van der Waals surface area contributed by atoms with E-state index in [0.717, 1.165) is 32.0 Å². The Kier molecular flexibility index (Phi) is 4.74. The maximum absolute atomic E-state index is 11.0. The summed E-state index contributed by atoms with van der Waals surface area (Å²) in [6, 6.07) is 1.53. The maximum atomic E-state index is 11.0. The highest BCUT2D eigenvalue weighted by Gasteiger charge is 2.16. The summed E-state index contributed by atoms with van der Waals surface area (Å²) in [6.07, 6.45) is 6.64. The first-order chi connectivity index (χ1) is 9.16. The van der Waals surface area contributed by atoms with E-state index in [0.29, 0.717) is 11.3 Å². The smallest absolute Gasteiger partial charge is 0.337 e. The second-order valence-corrected chi connectivity index (χ2v) is 5.19. The lowest BCUT2D eigenvalue weighted by Gasteiger charge is -2.29. The number of aromatic carboxylic acids is 1. The van der Waals surface area contributed by atoms with Crippen molar-refractivity contribution in [2.75, 3.05) is 32.0 Å². The third-order valence-electron chi connectivity index (χ3n) is 3.76. The van der Waals surface area contributed by atoms with Gasteiger partial charge in [-0.05, 0) is 51.4 Å². The first kappa shape index (κ1) is 13.8. The minimum atomic E-state index is -0.913. The number of rotatable bonds is 5. The highest BCUT2D eigenvalue weighted by Crippen LogP contribution is 2.20. The summed E-state index contributed by atoms with van der Waals surface area (Å²) in [7, 11) is 2.16. The Balaban J connectivity index is 1.81. The van der Waals surface area contributed by atoms with E-state index >= 15 is 0 Å². The molecule has 5 heteroatoms. The van der Waals surface area contributed by atoms with Gasteiger partial charge in [0, 0.05) is 12.7 Å². The fraction of sp³-hybridized carbons (Fsp3) is 0.571. The van der Waals surface area contributed by atoms with Crippen molar-refractivity contribution < 1.29 is 9.90 Å². The van der Waals surface area contributed by atoms with Gasteiger partial charge in [0.15, 0.2) is 0 Å². The molecule has 0 amide bonds. The normalized spacial score (nSPS) is 17.3. The van der Waals surface area contributed by atoms with Crippen LogP contribution in [0.3, 0.4) is 0 Å². The van der Waals surface area contributed by atoms with Crippen LogP contribution in [0, 0.1) is 5.92 Å². The zero-order chi connectivity index (χ0) is 13.7. The van der Waals surface area contributed by atoms with Gasteiger partial charge in [0.1, 0.15) is 0 Å². The Morgan fingerprint density at radius 2 is 2.26 bits per heavy atom. The highest BCUT2D eigenvalue weighted by atomic mass is 16.4. The number of anilines is 1. The molecule has 1 fully saturated rings. The molecule has 2 rings (SSSR count). The second-order valence-electron chi connectivity index (χ2n) is 5.19. The third kappa shape index (κ3) is 3.92. The van der Waals surface area contributed by atoms with Crippen LogP contribution in [0.4, 0.5) is 5.69 Å². The summed E-state index contributed by atoms with van der Waals surface area (Å²) >= 11 is 0. The van der Waals surface area contributed by atoms with Crippen molar-refractivity contribution in [3.8, 4) is 0 Å². The van der Waals surface area contributed by atoms with Gasteiger partial charge in [0.2, 0.25) is 0 Å². The van der Waals surface area contributed by atoms with Crippen LogP contribution in [0.25, 0.3) is 0 Å². The number of carboxylic acid groups (broad SMARTS) is 1. The molecule has 104 valence electrons. The summed E-state index contributed by atoms with van der Waals surface area (Å²) in [4.78, 5) is 17.4. The molecule has 0 spiro atoms. The number of carboxylic acids is 1. The summed E-state index contributed by atoms with van der Waals surface area (Å²) in [5.41, 5.74) is 0.904. The van der Waals surface area contributed by atoms with Crippen molar-refractivity contribution >= 4 is 11.7 Å². The average molecular weight is 263 g/mol. The molecule has 0 bridgehead atoms. The van der Waals surface area contributed by atoms with Gasteiger partial charge < -0.3 is 15.3 Å². The average Bonchev–Trinajstić information content (AvgIpc) is 2.41. The van der Waals surface area contributed by atoms with E-state index in [-0.39, 0.29) is 0 Å². The van der Waals surface area contributed by atoms with Crippen molar-refractivity contribution in [2.45, 2.75) is 19.3 Å². The molecule has 0 aromatic carbocycles. The molecule has 0 radical (unpaired) electrons. The van der Waals surface area contributed by atoms with E-state index in [1.807, 2.05) is 0 Å². The van der Waals surface area contributed by atoms with E-state index in [2.05, 4.69) is 22.2 Å². The third-order valence-corrected chi connectivity index (χ3v) is 3.76. The molecule has 1 aromatic rings. The van der Waals surface area contributed by atoms with E-state index < -0.39 is 5.97 Å². The molecule has 2 N–H and O–H groups in total. The molecule has 0 saturated carbocycles. The second kappa shape index (κ2) is 6.52. The van der Waals surface area contributed by atoms with Crippen molar-refractivity contribution in [2.24, 2.45) is 5.92 Å². The largest absolute Gasteiger partial charge is 0.478 e. The Morgan fingerprint density at radius 1 is 1.53 bits per heavy atom. The molecule has 1 aliphatic heterocycles. The van der Waals surface area contributed by atoms with Crippen molar-refractivity contribution in [3.05, 3.63) is 24.0 Å². The van der Waals surface area contributed by atoms with Crippen LogP contribution in [-0.2, 0) is 0 Å². The standard InChI is InChI=1S/C14H21N3O2/c1-17-8-4-11(5-9-17)2-7-16-13-10-15-6-3-12(13)14(18)19/h3,6,10-11,16H,2,4-5,7-9H2,1H3,(H,18,19). The van der Waals surface area contributed by atoms with Gasteiger partial charge in [-0.2, -0.15) is 0 Å². The number of likely N-dealkylation sites (tertiary alicyclic amines) is 1. The van der Waals surface area contributed by atoms with Crippen molar-refractivity contribution in [1.82, 2.24) is 9.88 Å². The van der Waals surface area contributed by atoms with Crippen LogP contribution in [0.15, 0.2) is 18.5 Å². The number of hydrogen-bond acceptors (Lipinski definition) is 4. The van der Waals surface area contributed by atoms with Gasteiger partial charge in [0.25, 0.3) is 0 Å². The molecule has 0 unspecified atom stereocenters. The fourth-order valence-electron chi connectivity index (χ4n) is 2.48. The van der Waals surface area contributed by atoms with Gasteiger partial charge in [-0.15, -0.1) is 0 Å². The zero-order valence-corrected chi connectivity index (χ0v) is 11.3. The SMILES string of the molecule is CN1CCC(CCNc2cnccc2C(=O)O)CC1. The number of aromatic nitrogens is 1. The van der Waals surface area contributed by atoms with E-state index in [9.17, 15) is 4.79 Å². The zero-order valence-electron chi connectivity index (χ0n) is 11.3. The number of piperidine rings is 1. The maximum Gasteiger partial charge on any atom is 0.337 e. The highest BCUT2D eigenvalue weighted by molar-refractivity contribution is 5.93. The predicted molar refractivity (Wildman–Crippen MR) is 74.5 cm³/mol. The van der Waals surface area contributed by atoms with Gasteiger partial charge in [0.05, 0.1) is 17.4 Å².